The summed E-state index contributed by atoms with van der Waals surface area (Å²) >= 11 is 0. The lowest BCUT2D eigenvalue weighted by Gasteiger charge is -2.26. The van der Waals surface area contributed by atoms with Crippen LogP contribution in [0.2, 0.25) is 0 Å². The molecule has 3 aromatic carbocycles. The van der Waals surface area contributed by atoms with Crippen molar-refractivity contribution in [2.75, 3.05) is 25.2 Å². The van der Waals surface area contributed by atoms with Crippen molar-refractivity contribution in [3.8, 4) is 17.2 Å². The van der Waals surface area contributed by atoms with Gasteiger partial charge in [-0.25, -0.2) is 0 Å². The number of ketones is 1. The molecule has 204 valence electrons. The third kappa shape index (κ3) is 5.35. The molecule has 0 radical (unpaired) electrons. The number of carbonyl (C=O) groups excluding carboxylic acids is 2. The first-order valence-corrected chi connectivity index (χ1v) is 13.2. The average molecular weight is 530 g/mol. The zero-order valence-corrected chi connectivity index (χ0v) is 23.3. The van der Waals surface area contributed by atoms with Gasteiger partial charge < -0.3 is 19.3 Å². The summed E-state index contributed by atoms with van der Waals surface area (Å²) in [5, 5.41) is 11.7. The first-order chi connectivity index (χ1) is 18.7. The van der Waals surface area contributed by atoms with Gasteiger partial charge >= 0.3 is 0 Å². The zero-order valence-electron chi connectivity index (χ0n) is 23.3. The minimum absolute atomic E-state index is 0.0190. The van der Waals surface area contributed by atoms with Crippen molar-refractivity contribution in [1.82, 2.24) is 0 Å². The molecule has 1 aliphatic rings. The maximum absolute atomic E-state index is 13.6. The molecular weight excluding hydrogens is 494 g/mol. The van der Waals surface area contributed by atoms with E-state index in [4.69, 9.17) is 14.2 Å². The number of Topliss-reactive ketones (excluding diaryl/α,β-unsaturated/α-hetero) is 1. The number of benzene rings is 3. The number of anilines is 1. The lowest BCUT2D eigenvalue weighted by atomic mass is 9.91. The summed E-state index contributed by atoms with van der Waals surface area (Å²) in [5.41, 5.74) is 3.27. The van der Waals surface area contributed by atoms with Crippen molar-refractivity contribution >= 4 is 23.1 Å². The predicted molar refractivity (Wildman–Crippen MR) is 152 cm³/mol. The molecule has 1 atom stereocenters. The van der Waals surface area contributed by atoms with Crippen molar-refractivity contribution in [1.29, 1.82) is 0 Å². The molecule has 7 heteroatoms. The number of aryl methyl sites for hydroxylation is 1. The normalized spacial score (nSPS) is 16.6. The number of ether oxygens (including phenoxy) is 3. The highest BCUT2D eigenvalue weighted by Crippen LogP contribution is 2.44. The molecule has 7 nitrogen and oxygen atoms in total. The zero-order chi connectivity index (χ0) is 28.3. The van der Waals surface area contributed by atoms with E-state index in [1.165, 1.54) is 4.90 Å². The third-order valence-electron chi connectivity index (χ3n) is 6.81. The number of aliphatic hydroxyl groups excluding tert-OH is 1. The van der Waals surface area contributed by atoms with Crippen LogP contribution in [0.1, 0.15) is 61.9 Å². The lowest BCUT2D eigenvalue weighted by Crippen LogP contribution is -2.29. The minimum atomic E-state index is -0.868. The van der Waals surface area contributed by atoms with Crippen LogP contribution in [0.4, 0.5) is 5.69 Å². The van der Waals surface area contributed by atoms with Gasteiger partial charge in [-0.2, -0.15) is 0 Å². The van der Waals surface area contributed by atoms with Crippen LogP contribution in [0.25, 0.3) is 5.76 Å². The number of hydrogen-bond acceptors (Lipinski definition) is 6. The highest BCUT2D eigenvalue weighted by atomic mass is 16.5. The fourth-order valence-electron chi connectivity index (χ4n) is 4.95. The molecule has 3 aromatic rings. The third-order valence-corrected chi connectivity index (χ3v) is 6.81. The molecule has 0 bridgehead atoms. The van der Waals surface area contributed by atoms with E-state index in [0.29, 0.717) is 47.3 Å². The Morgan fingerprint density at radius 2 is 1.62 bits per heavy atom. The number of nitrogens with zero attached hydrogens (tertiary/aromatic N) is 1. The van der Waals surface area contributed by atoms with Gasteiger partial charge in [0.2, 0.25) is 0 Å². The highest BCUT2D eigenvalue weighted by molar-refractivity contribution is 6.51. The van der Waals surface area contributed by atoms with Gasteiger partial charge in [0.05, 0.1) is 31.9 Å². The van der Waals surface area contributed by atoms with E-state index in [0.717, 1.165) is 11.1 Å². The smallest absolute Gasteiger partial charge is 0.300 e. The number of rotatable bonds is 9. The monoisotopic (exact) mass is 529 g/mol. The van der Waals surface area contributed by atoms with E-state index < -0.39 is 17.7 Å². The number of hydrogen-bond donors (Lipinski definition) is 1. The maximum Gasteiger partial charge on any atom is 0.300 e. The number of carbonyl (C=O) groups is 2. The Morgan fingerprint density at radius 3 is 2.23 bits per heavy atom. The van der Waals surface area contributed by atoms with Crippen LogP contribution >= 0.6 is 0 Å². The molecule has 1 N–H and O–H groups in total. The molecule has 1 amide bonds. The summed E-state index contributed by atoms with van der Waals surface area (Å²) in [6.45, 7) is 10.7. The largest absolute Gasteiger partial charge is 0.507 e. The Labute approximate surface area is 229 Å². The Kier molecular flexibility index (Phi) is 8.29. The van der Waals surface area contributed by atoms with Crippen LogP contribution in [0.5, 0.6) is 17.2 Å². The quantitative estimate of drug-likeness (QED) is 0.192. The van der Waals surface area contributed by atoms with E-state index >= 15 is 0 Å². The van der Waals surface area contributed by atoms with Gasteiger partial charge in [-0.05, 0) is 91.9 Å². The summed E-state index contributed by atoms with van der Waals surface area (Å²) < 4.78 is 16.8. The summed E-state index contributed by atoms with van der Waals surface area (Å²) in [6, 6.07) is 17.1. The standard InChI is InChI=1S/C32H35NO6/c1-7-38-23-14-12-22(13-15-23)33-29(21-10-9-11-24(17-21)39-8-2)28(31(35)32(33)36)30(34)26-18-25(19(3)4)27(37-6)16-20(26)5/h9-19,29,34H,7-8H2,1-6H3/b30-28+. The summed E-state index contributed by atoms with van der Waals surface area (Å²) in [4.78, 5) is 28.6. The van der Waals surface area contributed by atoms with Gasteiger partial charge in [0.25, 0.3) is 11.7 Å². The fourth-order valence-corrected chi connectivity index (χ4v) is 4.95. The molecule has 1 heterocycles. The van der Waals surface area contributed by atoms with Gasteiger partial charge in [-0.1, -0.05) is 26.0 Å². The lowest BCUT2D eigenvalue weighted by molar-refractivity contribution is -0.132. The molecule has 0 aromatic heterocycles. The molecule has 1 fully saturated rings. The number of methoxy groups -OCH3 is 1. The van der Waals surface area contributed by atoms with Crippen molar-refractivity contribution < 1.29 is 28.9 Å². The minimum Gasteiger partial charge on any atom is -0.507 e. The van der Waals surface area contributed by atoms with E-state index in [1.807, 2.05) is 65.0 Å². The number of amides is 1. The molecule has 0 spiro atoms. The van der Waals surface area contributed by atoms with E-state index in [2.05, 4.69) is 0 Å². The molecular formula is C32H35NO6. The second kappa shape index (κ2) is 11.6. The van der Waals surface area contributed by atoms with Crippen molar-refractivity contribution in [2.24, 2.45) is 0 Å². The summed E-state index contributed by atoms with van der Waals surface area (Å²) in [5.74, 6) is 0.373. The Morgan fingerprint density at radius 1 is 0.949 bits per heavy atom. The molecule has 1 unspecified atom stereocenters. The van der Waals surface area contributed by atoms with E-state index in [9.17, 15) is 14.7 Å². The molecule has 1 saturated heterocycles. The first kappa shape index (κ1) is 27.8. The second-order valence-electron chi connectivity index (χ2n) is 9.67. The maximum atomic E-state index is 13.6. The van der Waals surface area contributed by atoms with Gasteiger partial charge in [-0.15, -0.1) is 0 Å². The second-order valence-corrected chi connectivity index (χ2v) is 9.67. The fraction of sp³-hybridized carbons (Fsp3) is 0.312. The molecule has 1 aliphatic heterocycles. The van der Waals surface area contributed by atoms with Crippen molar-refractivity contribution in [2.45, 2.75) is 46.6 Å². The SMILES string of the molecule is CCOc1ccc(N2C(=O)C(=O)/C(=C(/O)c3cc(C(C)C)c(OC)cc3C)C2c2cccc(OCC)c2)cc1. The van der Waals surface area contributed by atoms with Gasteiger partial charge in [-0.3, -0.25) is 14.5 Å². The number of aliphatic hydroxyl groups is 1. The van der Waals surface area contributed by atoms with Gasteiger partial charge in [0, 0.05) is 11.3 Å². The summed E-state index contributed by atoms with van der Waals surface area (Å²) in [6.07, 6.45) is 0. The van der Waals surface area contributed by atoms with Crippen LogP contribution in [0.15, 0.2) is 66.2 Å². The molecule has 39 heavy (non-hydrogen) atoms. The van der Waals surface area contributed by atoms with E-state index in [1.54, 1.807) is 37.4 Å². The van der Waals surface area contributed by atoms with Crippen LogP contribution in [0, 0.1) is 6.92 Å². The van der Waals surface area contributed by atoms with Crippen molar-refractivity contribution in [3.63, 3.8) is 0 Å². The molecule has 0 saturated carbocycles. The Bertz CT molecular complexity index is 1410. The van der Waals surface area contributed by atoms with Crippen LogP contribution < -0.4 is 19.1 Å². The summed E-state index contributed by atoms with van der Waals surface area (Å²) in [7, 11) is 1.61. The molecule has 0 aliphatic carbocycles. The first-order valence-electron chi connectivity index (χ1n) is 13.2. The topological polar surface area (TPSA) is 85.3 Å². The van der Waals surface area contributed by atoms with Gasteiger partial charge in [0.1, 0.15) is 23.0 Å². The average Bonchev–Trinajstić information content (AvgIpc) is 3.19. The van der Waals surface area contributed by atoms with Crippen LogP contribution in [-0.2, 0) is 9.59 Å². The van der Waals surface area contributed by atoms with Crippen molar-refractivity contribution in [3.05, 3.63) is 88.5 Å². The highest BCUT2D eigenvalue weighted by Gasteiger charge is 2.47. The van der Waals surface area contributed by atoms with Gasteiger partial charge in [0.15, 0.2) is 0 Å². The Hall–Kier alpha value is -4.26. The molecule has 4 rings (SSSR count). The van der Waals surface area contributed by atoms with Crippen LogP contribution in [-0.4, -0.2) is 37.1 Å². The van der Waals surface area contributed by atoms with Crippen LogP contribution in [0.3, 0.4) is 0 Å². The Balaban J connectivity index is 1.95. The predicted octanol–water partition coefficient (Wildman–Crippen LogP) is 6.55. The van der Waals surface area contributed by atoms with E-state index in [-0.39, 0.29) is 17.3 Å².